The highest BCUT2D eigenvalue weighted by Gasteiger charge is 2.02. The number of nitrogens with one attached hydrogen (secondary N) is 1. The average molecular weight is 282 g/mol. The number of ether oxygens (including phenoxy) is 1. The molecule has 0 aliphatic rings. The van der Waals surface area contributed by atoms with Gasteiger partial charge in [-0.25, -0.2) is 5.84 Å². The normalized spacial score (nSPS) is 10.2. The SMILES string of the molecule is CCCCCSCCOc1ccc(C(=O)NN)cc1. The van der Waals surface area contributed by atoms with E-state index in [9.17, 15) is 4.79 Å². The van der Waals surface area contributed by atoms with Crippen molar-refractivity contribution in [2.75, 3.05) is 18.1 Å². The lowest BCUT2D eigenvalue weighted by molar-refractivity contribution is 0.0953. The summed E-state index contributed by atoms with van der Waals surface area (Å²) in [5.74, 6) is 7.74. The second-order valence-electron chi connectivity index (χ2n) is 4.17. The Labute approximate surface area is 119 Å². The molecule has 0 fully saturated rings. The molecule has 1 aromatic carbocycles. The maximum atomic E-state index is 11.2. The minimum atomic E-state index is -0.293. The number of carbonyl (C=O) groups is 1. The quantitative estimate of drug-likeness (QED) is 0.316. The zero-order chi connectivity index (χ0) is 13.9. The van der Waals surface area contributed by atoms with E-state index in [1.54, 1.807) is 24.3 Å². The van der Waals surface area contributed by atoms with E-state index < -0.39 is 0 Å². The van der Waals surface area contributed by atoms with Gasteiger partial charge < -0.3 is 4.74 Å². The van der Waals surface area contributed by atoms with E-state index in [1.165, 1.54) is 25.0 Å². The van der Waals surface area contributed by atoms with E-state index in [-0.39, 0.29) is 5.91 Å². The number of nitrogens with two attached hydrogens (primary N) is 1. The van der Waals surface area contributed by atoms with Crippen molar-refractivity contribution in [2.45, 2.75) is 26.2 Å². The molecule has 3 N–H and O–H groups in total. The van der Waals surface area contributed by atoms with Crippen LogP contribution < -0.4 is 16.0 Å². The minimum absolute atomic E-state index is 0.293. The third kappa shape index (κ3) is 6.50. The molecule has 0 saturated heterocycles. The highest BCUT2D eigenvalue weighted by molar-refractivity contribution is 7.99. The first-order valence-corrected chi connectivity index (χ1v) is 7.75. The molecule has 1 aromatic rings. The molecule has 5 heteroatoms. The van der Waals surface area contributed by atoms with Gasteiger partial charge in [-0.3, -0.25) is 10.2 Å². The number of hydrogen-bond acceptors (Lipinski definition) is 4. The Bertz CT molecular complexity index is 368. The van der Waals surface area contributed by atoms with Crippen LogP contribution in [0.2, 0.25) is 0 Å². The van der Waals surface area contributed by atoms with E-state index >= 15 is 0 Å². The molecule has 1 rings (SSSR count). The van der Waals surface area contributed by atoms with Gasteiger partial charge in [-0.1, -0.05) is 19.8 Å². The van der Waals surface area contributed by atoms with Crippen molar-refractivity contribution in [3.8, 4) is 5.75 Å². The first kappa shape index (κ1) is 15.9. The summed E-state index contributed by atoms with van der Waals surface area (Å²) in [7, 11) is 0. The molecule has 0 saturated carbocycles. The van der Waals surface area contributed by atoms with Crippen molar-refractivity contribution >= 4 is 17.7 Å². The number of unbranched alkanes of at least 4 members (excludes halogenated alkanes) is 2. The van der Waals surface area contributed by atoms with Gasteiger partial charge in [0.25, 0.3) is 5.91 Å². The molecule has 0 radical (unpaired) electrons. The number of hydrogen-bond donors (Lipinski definition) is 2. The summed E-state index contributed by atoms with van der Waals surface area (Å²) in [6, 6.07) is 6.97. The van der Waals surface area contributed by atoms with Crippen LogP contribution in [0, 0.1) is 0 Å². The number of hydrazine groups is 1. The molecule has 106 valence electrons. The number of amides is 1. The van der Waals surface area contributed by atoms with E-state index in [0.29, 0.717) is 12.2 Å². The number of rotatable bonds is 9. The van der Waals surface area contributed by atoms with Gasteiger partial charge in [-0.05, 0) is 36.4 Å². The summed E-state index contributed by atoms with van der Waals surface area (Å²) in [6.45, 7) is 2.90. The monoisotopic (exact) mass is 282 g/mol. The lowest BCUT2D eigenvalue weighted by Gasteiger charge is -2.06. The van der Waals surface area contributed by atoms with Crippen LogP contribution in [-0.2, 0) is 0 Å². The van der Waals surface area contributed by atoms with Crippen molar-refractivity contribution in [1.29, 1.82) is 0 Å². The first-order valence-electron chi connectivity index (χ1n) is 6.59. The number of carbonyl (C=O) groups excluding carboxylic acids is 1. The van der Waals surface area contributed by atoms with Gasteiger partial charge in [-0.15, -0.1) is 0 Å². The van der Waals surface area contributed by atoms with Crippen LogP contribution >= 0.6 is 11.8 Å². The van der Waals surface area contributed by atoms with Gasteiger partial charge in [0, 0.05) is 11.3 Å². The average Bonchev–Trinajstić information content (AvgIpc) is 2.46. The summed E-state index contributed by atoms with van der Waals surface area (Å²) < 4.78 is 5.60. The van der Waals surface area contributed by atoms with Crippen LogP contribution in [0.15, 0.2) is 24.3 Å². The predicted molar refractivity (Wildman–Crippen MR) is 80.4 cm³/mol. The van der Waals surface area contributed by atoms with E-state index in [0.717, 1.165) is 11.5 Å². The van der Waals surface area contributed by atoms with Crippen LogP contribution in [0.25, 0.3) is 0 Å². The highest BCUT2D eigenvalue weighted by Crippen LogP contribution is 2.13. The summed E-state index contributed by atoms with van der Waals surface area (Å²) in [6.07, 6.45) is 3.85. The van der Waals surface area contributed by atoms with Crippen LogP contribution in [0.5, 0.6) is 5.75 Å². The number of benzene rings is 1. The molecular weight excluding hydrogens is 260 g/mol. The molecule has 0 spiro atoms. The van der Waals surface area contributed by atoms with Gasteiger partial charge >= 0.3 is 0 Å². The smallest absolute Gasteiger partial charge is 0.265 e. The maximum absolute atomic E-state index is 11.2. The summed E-state index contributed by atoms with van der Waals surface area (Å²) in [5, 5.41) is 0. The van der Waals surface area contributed by atoms with Gasteiger partial charge in [0.1, 0.15) is 5.75 Å². The van der Waals surface area contributed by atoms with Crippen LogP contribution in [-0.4, -0.2) is 24.0 Å². The van der Waals surface area contributed by atoms with Gasteiger partial charge in [-0.2, -0.15) is 11.8 Å². The van der Waals surface area contributed by atoms with Crippen molar-refractivity contribution in [2.24, 2.45) is 5.84 Å². The van der Waals surface area contributed by atoms with Gasteiger partial charge in [0.15, 0.2) is 0 Å². The summed E-state index contributed by atoms with van der Waals surface area (Å²) in [4.78, 5) is 11.2. The molecule has 0 unspecified atom stereocenters. The Morgan fingerprint density at radius 1 is 1.26 bits per heavy atom. The topological polar surface area (TPSA) is 64.3 Å². The molecule has 19 heavy (non-hydrogen) atoms. The van der Waals surface area contributed by atoms with Gasteiger partial charge in [0.05, 0.1) is 6.61 Å². The Balaban J connectivity index is 2.18. The number of thioether (sulfide) groups is 1. The maximum Gasteiger partial charge on any atom is 0.265 e. The molecular formula is C14H22N2O2S. The molecule has 0 aliphatic heterocycles. The van der Waals surface area contributed by atoms with Crippen LogP contribution in [0.1, 0.15) is 36.5 Å². The Morgan fingerprint density at radius 3 is 2.63 bits per heavy atom. The molecule has 0 aromatic heterocycles. The molecule has 0 heterocycles. The summed E-state index contributed by atoms with van der Waals surface area (Å²) >= 11 is 1.92. The zero-order valence-electron chi connectivity index (χ0n) is 11.4. The minimum Gasteiger partial charge on any atom is -0.493 e. The second-order valence-corrected chi connectivity index (χ2v) is 5.39. The fraction of sp³-hybridized carbons (Fsp3) is 0.500. The third-order valence-electron chi connectivity index (χ3n) is 2.64. The number of nitrogen functional groups attached to an aromatic ring is 1. The van der Waals surface area contributed by atoms with Crippen molar-refractivity contribution in [3.05, 3.63) is 29.8 Å². The zero-order valence-corrected chi connectivity index (χ0v) is 12.2. The fourth-order valence-electron chi connectivity index (χ4n) is 1.56. The van der Waals surface area contributed by atoms with Crippen LogP contribution in [0.3, 0.4) is 0 Å². The van der Waals surface area contributed by atoms with Crippen molar-refractivity contribution in [3.63, 3.8) is 0 Å². The molecule has 0 atom stereocenters. The lowest BCUT2D eigenvalue weighted by Crippen LogP contribution is -2.29. The van der Waals surface area contributed by atoms with Crippen molar-refractivity contribution < 1.29 is 9.53 Å². The highest BCUT2D eigenvalue weighted by atomic mass is 32.2. The van der Waals surface area contributed by atoms with E-state index in [1.807, 2.05) is 11.8 Å². The molecule has 0 bridgehead atoms. The van der Waals surface area contributed by atoms with Crippen molar-refractivity contribution in [1.82, 2.24) is 5.43 Å². The Kier molecular flexibility index (Phi) is 8.09. The fourth-order valence-corrected chi connectivity index (χ4v) is 2.37. The third-order valence-corrected chi connectivity index (χ3v) is 3.67. The van der Waals surface area contributed by atoms with E-state index in [2.05, 4.69) is 12.3 Å². The largest absolute Gasteiger partial charge is 0.493 e. The van der Waals surface area contributed by atoms with Crippen LogP contribution in [0.4, 0.5) is 0 Å². The molecule has 0 aliphatic carbocycles. The molecule has 1 amide bonds. The lowest BCUT2D eigenvalue weighted by atomic mass is 10.2. The van der Waals surface area contributed by atoms with E-state index in [4.69, 9.17) is 10.6 Å². The summed E-state index contributed by atoms with van der Waals surface area (Å²) in [5.41, 5.74) is 2.63. The Hall–Kier alpha value is -1.20. The first-order chi connectivity index (χ1) is 9.27. The Morgan fingerprint density at radius 2 is 2.00 bits per heavy atom. The predicted octanol–water partition coefficient (Wildman–Crippen LogP) is 2.59. The van der Waals surface area contributed by atoms with Gasteiger partial charge in [0.2, 0.25) is 0 Å². The second kappa shape index (κ2) is 9.69. The molecule has 4 nitrogen and oxygen atoms in total. The standard InChI is InChI=1S/C14H22N2O2S/c1-2-3-4-10-19-11-9-18-13-7-5-12(6-8-13)14(17)16-15/h5-8H,2-4,9-11,15H2,1H3,(H,16,17).